The lowest BCUT2D eigenvalue weighted by atomic mass is 9.99. The van der Waals surface area contributed by atoms with Crippen molar-refractivity contribution < 1.29 is 14.4 Å². The number of fused-ring (bicyclic) bond motifs is 1. The fourth-order valence-electron chi connectivity index (χ4n) is 4.52. The number of benzene rings is 1. The molecule has 4 aliphatic rings. The normalized spacial score (nSPS) is 28.8. The highest BCUT2D eigenvalue weighted by molar-refractivity contribution is 6.05. The Balaban J connectivity index is 1.32. The topological polar surface area (TPSA) is 90.5 Å². The second kappa shape index (κ2) is 5.62. The Bertz CT molecular complexity index is 817. The summed E-state index contributed by atoms with van der Waals surface area (Å²) in [7, 11) is 0. The van der Waals surface area contributed by atoms with Gasteiger partial charge in [0.05, 0.1) is 0 Å². The van der Waals surface area contributed by atoms with Gasteiger partial charge in [-0.05, 0) is 30.0 Å². The number of imide groups is 1. The zero-order chi connectivity index (χ0) is 17.9. The third kappa shape index (κ3) is 2.38. The first-order chi connectivity index (χ1) is 12.6. The maximum atomic E-state index is 12.8. The lowest BCUT2D eigenvalue weighted by Crippen LogP contribution is -2.52. The number of hydrogen-bond donors (Lipinski definition) is 3. The van der Waals surface area contributed by atoms with Gasteiger partial charge in [0, 0.05) is 49.6 Å². The average Bonchev–Trinajstić information content (AvgIpc) is 3.25. The summed E-state index contributed by atoms with van der Waals surface area (Å²) in [5.74, 6) is -0.730. The van der Waals surface area contributed by atoms with E-state index in [1.54, 1.807) is 4.90 Å². The van der Waals surface area contributed by atoms with Gasteiger partial charge in [0.15, 0.2) is 0 Å². The summed E-state index contributed by atoms with van der Waals surface area (Å²) < 4.78 is 0. The van der Waals surface area contributed by atoms with Crippen molar-refractivity contribution in [2.75, 3.05) is 13.1 Å². The third-order valence-electron chi connectivity index (χ3n) is 6.36. The average molecular weight is 354 g/mol. The molecule has 136 valence electrons. The molecule has 1 aliphatic carbocycles. The molecule has 26 heavy (non-hydrogen) atoms. The Morgan fingerprint density at radius 3 is 2.77 bits per heavy atom. The minimum atomic E-state index is -0.554. The third-order valence-corrected chi connectivity index (χ3v) is 6.36. The van der Waals surface area contributed by atoms with E-state index in [4.69, 9.17) is 0 Å². The van der Waals surface area contributed by atoms with Gasteiger partial charge in [0.25, 0.3) is 5.91 Å². The number of rotatable bonds is 4. The summed E-state index contributed by atoms with van der Waals surface area (Å²) >= 11 is 0. The molecule has 2 saturated heterocycles. The first kappa shape index (κ1) is 16.0. The van der Waals surface area contributed by atoms with Gasteiger partial charge in [0.2, 0.25) is 11.8 Å². The molecule has 1 aromatic rings. The van der Waals surface area contributed by atoms with Crippen molar-refractivity contribution in [2.24, 2.45) is 5.41 Å². The van der Waals surface area contributed by atoms with Crippen LogP contribution >= 0.6 is 0 Å². The quantitative estimate of drug-likeness (QED) is 0.657. The zero-order valence-corrected chi connectivity index (χ0v) is 14.5. The number of nitrogens with zero attached hydrogens (tertiary/aromatic N) is 1. The Kier molecular flexibility index (Phi) is 3.45. The van der Waals surface area contributed by atoms with Crippen LogP contribution in [0.3, 0.4) is 0 Å². The van der Waals surface area contributed by atoms with Crippen LogP contribution in [0, 0.1) is 5.41 Å². The van der Waals surface area contributed by atoms with Crippen molar-refractivity contribution in [1.29, 1.82) is 0 Å². The molecule has 3 N–H and O–H groups in total. The molecule has 7 nitrogen and oxygen atoms in total. The standard InChI is InChI=1S/C19H22N4O3/c24-16-5-4-14(17(25)22-16)23-8-13-11(2-1-3-12(13)18(23)26)7-21-15-6-19(15)9-20-10-19/h1-3,14-15,20-21H,4-10H2,(H,22,24,25). The summed E-state index contributed by atoms with van der Waals surface area (Å²) in [6, 6.07) is 5.81. The van der Waals surface area contributed by atoms with Crippen LogP contribution in [0.4, 0.5) is 0 Å². The summed E-state index contributed by atoms with van der Waals surface area (Å²) in [6.45, 7) is 3.38. The fraction of sp³-hybridized carbons (Fsp3) is 0.526. The molecule has 2 unspecified atom stereocenters. The van der Waals surface area contributed by atoms with Crippen LogP contribution in [0.25, 0.3) is 0 Å². The first-order valence-corrected chi connectivity index (χ1v) is 9.27. The van der Waals surface area contributed by atoms with E-state index in [9.17, 15) is 14.4 Å². The highest BCUT2D eigenvalue weighted by Gasteiger charge is 2.57. The number of nitrogens with one attached hydrogen (secondary N) is 3. The summed E-state index contributed by atoms with van der Waals surface area (Å²) in [6.07, 6.45) is 1.90. The Morgan fingerprint density at radius 1 is 1.23 bits per heavy atom. The number of hydrogen-bond acceptors (Lipinski definition) is 5. The van der Waals surface area contributed by atoms with Crippen LogP contribution in [0.1, 0.15) is 40.7 Å². The van der Waals surface area contributed by atoms with E-state index in [2.05, 4.69) is 22.0 Å². The molecule has 1 aromatic carbocycles. The molecule has 0 radical (unpaired) electrons. The molecule has 3 amide bonds. The number of piperidine rings is 1. The maximum absolute atomic E-state index is 12.8. The van der Waals surface area contributed by atoms with Gasteiger partial charge < -0.3 is 15.5 Å². The molecule has 7 heteroatoms. The molecule has 0 bridgehead atoms. The zero-order valence-electron chi connectivity index (χ0n) is 14.5. The lowest BCUT2D eigenvalue weighted by Gasteiger charge is -2.29. The molecule has 3 heterocycles. The molecule has 3 aliphatic heterocycles. The number of carbonyl (C=O) groups excluding carboxylic acids is 3. The Labute approximate surface area is 151 Å². The lowest BCUT2D eigenvalue weighted by molar-refractivity contribution is -0.136. The monoisotopic (exact) mass is 354 g/mol. The fourth-order valence-corrected chi connectivity index (χ4v) is 4.52. The summed E-state index contributed by atoms with van der Waals surface area (Å²) in [4.78, 5) is 38.0. The van der Waals surface area contributed by atoms with Gasteiger partial charge in [-0.3, -0.25) is 19.7 Å². The van der Waals surface area contributed by atoms with Gasteiger partial charge in [-0.15, -0.1) is 0 Å². The predicted molar refractivity (Wildman–Crippen MR) is 93.0 cm³/mol. The smallest absolute Gasteiger partial charge is 0.255 e. The molecular weight excluding hydrogens is 332 g/mol. The number of carbonyl (C=O) groups is 3. The van der Waals surface area contributed by atoms with Gasteiger partial charge in [-0.1, -0.05) is 12.1 Å². The number of amides is 3. The minimum Gasteiger partial charge on any atom is -0.322 e. The largest absolute Gasteiger partial charge is 0.322 e. The van der Waals surface area contributed by atoms with Crippen molar-refractivity contribution in [1.82, 2.24) is 20.9 Å². The van der Waals surface area contributed by atoms with E-state index < -0.39 is 6.04 Å². The molecule has 1 spiro atoms. The van der Waals surface area contributed by atoms with Crippen molar-refractivity contribution >= 4 is 17.7 Å². The van der Waals surface area contributed by atoms with Gasteiger partial charge in [-0.2, -0.15) is 0 Å². The first-order valence-electron chi connectivity index (χ1n) is 9.27. The van der Waals surface area contributed by atoms with E-state index in [0.717, 1.165) is 30.8 Å². The van der Waals surface area contributed by atoms with Gasteiger partial charge in [-0.25, -0.2) is 0 Å². The summed E-state index contributed by atoms with van der Waals surface area (Å²) in [5, 5.41) is 9.31. The van der Waals surface area contributed by atoms with E-state index in [1.807, 2.05) is 12.1 Å². The van der Waals surface area contributed by atoms with Crippen LogP contribution < -0.4 is 16.0 Å². The molecule has 2 atom stereocenters. The second-order valence-corrected chi connectivity index (χ2v) is 7.95. The molecule has 0 aromatic heterocycles. The van der Waals surface area contributed by atoms with Crippen LogP contribution in [0.5, 0.6) is 0 Å². The van der Waals surface area contributed by atoms with Crippen molar-refractivity contribution in [3.05, 3.63) is 34.9 Å². The Hall–Kier alpha value is -2.25. The molecule has 5 rings (SSSR count). The van der Waals surface area contributed by atoms with E-state index in [0.29, 0.717) is 30.0 Å². The second-order valence-electron chi connectivity index (χ2n) is 7.95. The van der Waals surface area contributed by atoms with Crippen LogP contribution in [-0.4, -0.2) is 47.8 Å². The van der Waals surface area contributed by atoms with Crippen molar-refractivity contribution in [3.63, 3.8) is 0 Å². The summed E-state index contributed by atoms with van der Waals surface area (Å²) in [5.41, 5.74) is 3.29. The molecule has 3 fully saturated rings. The Morgan fingerprint density at radius 2 is 2.08 bits per heavy atom. The predicted octanol–water partition coefficient (Wildman–Crippen LogP) is -0.101. The van der Waals surface area contributed by atoms with E-state index in [-0.39, 0.29) is 24.1 Å². The van der Waals surface area contributed by atoms with Crippen molar-refractivity contribution in [3.8, 4) is 0 Å². The highest BCUT2D eigenvalue weighted by atomic mass is 16.2. The van der Waals surface area contributed by atoms with E-state index >= 15 is 0 Å². The van der Waals surface area contributed by atoms with Gasteiger partial charge in [0.1, 0.15) is 6.04 Å². The SMILES string of the molecule is O=C1CCC(N2Cc3c(CNC4CC45CNC5)cccc3C2=O)C(=O)N1. The highest BCUT2D eigenvalue weighted by Crippen LogP contribution is 2.49. The minimum absolute atomic E-state index is 0.109. The van der Waals surface area contributed by atoms with Crippen molar-refractivity contribution in [2.45, 2.75) is 44.4 Å². The van der Waals surface area contributed by atoms with Gasteiger partial charge >= 0.3 is 0 Å². The molecular formula is C19H22N4O3. The van der Waals surface area contributed by atoms with Crippen LogP contribution in [0.15, 0.2) is 18.2 Å². The van der Waals surface area contributed by atoms with Crippen LogP contribution in [-0.2, 0) is 22.7 Å². The maximum Gasteiger partial charge on any atom is 0.255 e. The van der Waals surface area contributed by atoms with Crippen LogP contribution in [0.2, 0.25) is 0 Å². The molecule has 1 saturated carbocycles. The van der Waals surface area contributed by atoms with E-state index in [1.165, 1.54) is 6.42 Å².